The van der Waals surface area contributed by atoms with Gasteiger partial charge in [0.1, 0.15) is 5.01 Å². The second kappa shape index (κ2) is 4.98. The van der Waals surface area contributed by atoms with Crippen molar-refractivity contribution in [3.05, 3.63) is 61.1 Å². The third-order valence-corrected chi connectivity index (χ3v) is 3.78. The number of aromatic nitrogens is 3. The minimum atomic E-state index is -1.17. The number of para-hydroxylation sites is 1. The number of carbonyl (C=O) groups is 1. The first kappa shape index (κ1) is 13.3. The van der Waals surface area contributed by atoms with Crippen LogP contribution in [0, 0.1) is 0 Å². The van der Waals surface area contributed by atoms with Crippen LogP contribution in [0.1, 0.15) is 15.4 Å². The van der Waals surface area contributed by atoms with Crippen molar-refractivity contribution in [3.63, 3.8) is 0 Å². The van der Waals surface area contributed by atoms with E-state index in [1.165, 1.54) is 28.0 Å². The number of nitrogens with zero attached hydrogens (tertiary/aromatic N) is 2. The topological polar surface area (TPSA) is 105 Å². The lowest BCUT2D eigenvalue weighted by Crippen LogP contribution is -2.37. The van der Waals surface area contributed by atoms with Crippen LogP contribution in [-0.2, 0) is 6.54 Å². The van der Waals surface area contributed by atoms with Gasteiger partial charge in [0, 0.05) is 11.6 Å². The van der Waals surface area contributed by atoms with Crippen LogP contribution in [0.4, 0.5) is 0 Å². The number of hydrogen-bond acceptors (Lipinski definition) is 5. The lowest BCUT2D eigenvalue weighted by molar-refractivity contribution is 0.0699. The summed E-state index contributed by atoms with van der Waals surface area (Å²) in [6.45, 7) is 0.125. The minimum absolute atomic E-state index is 0.0579. The Hall–Kier alpha value is -2.74. The Bertz CT molecular complexity index is 940. The van der Waals surface area contributed by atoms with E-state index in [9.17, 15) is 19.5 Å². The van der Waals surface area contributed by atoms with Gasteiger partial charge in [-0.25, -0.2) is 9.78 Å². The van der Waals surface area contributed by atoms with Gasteiger partial charge in [0.25, 0.3) is 0 Å². The molecule has 0 spiro atoms. The Morgan fingerprint density at radius 1 is 1.38 bits per heavy atom. The SMILES string of the molecule is O=C(O)c1cccc2c1[nH]c(=O)c(=O)n2Cc1nccs1. The fraction of sp³-hybridized carbons (Fsp3) is 0.0769. The molecule has 7 nitrogen and oxygen atoms in total. The van der Waals surface area contributed by atoms with Gasteiger partial charge in [-0.15, -0.1) is 11.3 Å². The van der Waals surface area contributed by atoms with Crippen molar-refractivity contribution < 1.29 is 9.90 Å². The third-order valence-electron chi connectivity index (χ3n) is 3.02. The highest BCUT2D eigenvalue weighted by atomic mass is 32.1. The molecule has 8 heteroatoms. The van der Waals surface area contributed by atoms with Crippen molar-refractivity contribution in [2.75, 3.05) is 0 Å². The molecule has 2 heterocycles. The standard InChI is InChI=1S/C13H9N3O4S/c17-11-12(18)16(6-9-14-4-5-21-9)8-3-1-2-7(13(19)20)10(8)15-11/h1-5H,6H2,(H,15,17)(H,19,20). The minimum Gasteiger partial charge on any atom is -0.478 e. The molecule has 0 fully saturated rings. The quantitative estimate of drug-likeness (QED) is 0.699. The maximum atomic E-state index is 12.0. The Kier molecular flexibility index (Phi) is 3.15. The summed E-state index contributed by atoms with van der Waals surface area (Å²) in [5.41, 5.74) is -1.16. The zero-order chi connectivity index (χ0) is 15.0. The molecule has 0 saturated heterocycles. The highest BCUT2D eigenvalue weighted by molar-refractivity contribution is 7.09. The molecule has 21 heavy (non-hydrogen) atoms. The summed E-state index contributed by atoms with van der Waals surface area (Å²) in [4.78, 5) is 41.4. The molecular weight excluding hydrogens is 294 g/mol. The molecule has 2 aromatic heterocycles. The van der Waals surface area contributed by atoms with Gasteiger partial charge in [0.2, 0.25) is 0 Å². The van der Waals surface area contributed by atoms with Crippen molar-refractivity contribution in [1.82, 2.24) is 14.5 Å². The van der Waals surface area contributed by atoms with Gasteiger partial charge < -0.3 is 10.1 Å². The number of H-pyrrole nitrogens is 1. The molecule has 0 unspecified atom stereocenters. The van der Waals surface area contributed by atoms with Crippen molar-refractivity contribution in [2.45, 2.75) is 6.54 Å². The summed E-state index contributed by atoms with van der Waals surface area (Å²) in [5.74, 6) is -1.17. The molecule has 0 aliphatic carbocycles. The fourth-order valence-corrected chi connectivity index (χ4v) is 2.70. The van der Waals surface area contributed by atoms with Crippen LogP contribution in [0.5, 0.6) is 0 Å². The first-order valence-electron chi connectivity index (χ1n) is 5.95. The van der Waals surface area contributed by atoms with Gasteiger partial charge in [-0.05, 0) is 12.1 Å². The molecule has 0 radical (unpaired) electrons. The summed E-state index contributed by atoms with van der Waals surface area (Å²) in [5, 5.41) is 11.6. The Morgan fingerprint density at radius 2 is 2.19 bits per heavy atom. The number of thiazole rings is 1. The highest BCUT2D eigenvalue weighted by Crippen LogP contribution is 2.15. The molecule has 0 saturated carbocycles. The maximum Gasteiger partial charge on any atom is 0.337 e. The monoisotopic (exact) mass is 303 g/mol. The number of rotatable bonds is 3. The van der Waals surface area contributed by atoms with Crippen LogP contribution in [0.3, 0.4) is 0 Å². The Balaban J connectivity index is 2.35. The molecule has 106 valence electrons. The first-order valence-corrected chi connectivity index (χ1v) is 6.83. The lowest BCUT2D eigenvalue weighted by atomic mass is 10.1. The van der Waals surface area contributed by atoms with Crippen LogP contribution >= 0.6 is 11.3 Å². The van der Waals surface area contributed by atoms with Crippen LogP contribution in [-0.4, -0.2) is 25.6 Å². The number of fused-ring (bicyclic) bond motifs is 1. The third kappa shape index (κ3) is 2.25. The molecule has 0 amide bonds. The summed E-state index contributed by atoms with van der Waals surface area (Å²) < 4.78 is 1.24. The number of carboxylic acids is 1. The van der Waals surface area contributed by atoms with Crippen molar-refractivity contribution in [1.29, 1.82) is 0 Å². The van der Waals surface area contributed by atoms with Gasteiger partial charge in [-0.1, -0.05) is 6.07 Å². The van der Waals surface area contributed by atoms with Crippen molar-refractivity contribution >= 4 is 28.3 Å². The fourth-order valence-electron chi connectivity index (χ4n) is 2.10. The molecule has 0 aliphatic rings. The molecular formula is C13H9N3O4S. The van der Waals surface area contributed by atoms with Crippen LogP contribution in [0.2, 0.25) is 0 Å². The largest absolute Gasteiger partial charge is 0.478 e. The molecule has 0 aliphatic heterocycles. The Labute approximate surface area is 121 Å². The number of carboxylic acid groups (broad SMARTS) is 1. The maximum absolute atomic E-state index is 12.0. The smallest absolute Gasteiger partial charge is 0.337 e. The number of nitrogens with one attached hydrogen (secondary N) is 1. The lowest BCUT2D eigenvalue weighted by Gasteiger charge is -2.09. The van der Waals surface area contributed by atoms with E-state index in [0.717, 1.165) is 0 Å². The second-order valence-corrected chi connectivity index (χ2v) is 5.26. The molecule has 0 bridgehead atoms. The molecule has 0 atom stereocenters. The highest BCUT2D eigenvalue weighted by Gasteiger charge is 2.14. The summed E-state index contributed by atoms with van der Waals surface area (Å²) in [7, 11) is 0. The van der Waals surface area contributed by atoms with E-state index in [4.69, 9.17) is 0 Å². The number of hydrogen-bond donors (Lipinski definition) is 2. The van der Waals surface area contributed by atoms with Gasteiger partial charge in [0.15, 0.2) is 0 Å². The zero-order valence-corrected chi connectivity index (χ0v) is 11.4. The van der Waals surface area contributed by atoms with Gasteiger partial charge in [-0.2, -0.15) is 0 Å². The van der Waals surface area contributed by atoms with E-state index in [2.05, 4.69) is 9.97 Å². The second-order valence-electron chi connectivity index (χ2n) is 4.28. The van der Waals surface area contributed by atoms with Crippen molar-refractivity contribution in [2.24, 2.45) is 0 Å². The van der Waals surface area contributed by atoms with Crippen LogP contribution in [0.15, 0.2) is 39.4 Å². The predicted octanol–water partition coefficient (Wildman–Crippen LogP) is 0.893. The first-order chi connectivity index (χ1) is 10.1. The normalized spacial score (nSPS) is 10.9. The average Bonchev–Trinajstić information content (AvgIpc) is 2.96. The van der Waals surface area contributed by atoms with Gasteiger partial charge in [0.05, 0.1) is 23.1 Å². The predicted molar refractivity (Wildman–Crippen MR) is 77.0 cm³/mol. The summed E-state index contributed by atoms with van der Waals surface area (Å²) in [6, 6.07) is 4.49. The van der Waals surface area contributed by atoms with Gasteiger partial charge in [-0.3, -0.25) is 14.2 Å². The zero-order valence-electron chi connectivity index (χ0n) is 10.6. The Morgan fingerprint density at radius 3 is 2.86 bits per heavy atom. The molecule has 3 aromatic rings. The van der Waals surface area contributed by atoms with Gasteiger partial charge >= 0.3 is 17.1 Å². The number of aromatic carboxylic acids is 1. The van der Waals surface area contributed by atoms with E-state index in [0.29, 0.717) is 10.5 Å². The van der Waals surface area contributed by atoms with E-state index in [1.807, 2.05) is 0 Å². The number of benzene rings is 1. The van der Waals surface area contributed by atoms with E-state index < -0.39 is 17.1 Å². The summed E-state index contributed by atoms with van der Waals surface area (Å²) in [6.07, 6.45) is 1.60. The molecule has 3 rings (SSSR count). The molecule has 1 aromatic carbocycles. The molecule has 2 N–H and O–H groups in total. The van der Waals surface area contributed by atoms with E-state index in [1.54, 1.807) is 17.6 Å². The summed E-state index contributed by atoms with van der Waals surface area (Å²) >= 11 is 1.35. The van der Waals surface area contributed by atoms with E-state index in [-0.39, 0.29) is 17.6 Å². The van der Waals surface area contributed by atoms with E-state index >= 15 is 0 Å². The van der Waals surface area contributed by atoms with Crippen LogP contribution in [0.25, 0.3) is 11.0 Å². The average molecular weight is 303 g/mol. The van der Waals surface area contributed by atoms with Crippen molar-refractivity contribution in [3.8, 4) is 0 Å². The number of aromatic amines is 1. The van der Waals surface area contributed by atoms with Crippen LogP contribution < -0.4 is 11.1 Å².